The molecule has 0 atom stereocenters. The standard InChI is InChI=1S/C55H37N4O.Pt/c1-36-28-29-49(45(32-36)38-18-7-3-8-19-38)59-50-26-15-24-42(54(50)57-55(59)44-23-12-14-27-52(44)60)46-33-40(47-34-39(30-31-56-47)37-16-5-2-6-17-37)35-51-53(46)43-22-11-13-25-48(43)58(51)41-20-9-4-10-21-41;/h2-32,34-35,60H,1H3;/q-1;/i1D3;. The first-order chi connectivity index (χ1) is 30.8. The second kappa shape index (κ2) is 15.7. The van der Waals surface area contributed by atoms with Gasteiger partial charge in [0, 0.05) is 53.8 Å². The van der Waals surface area contributed by atoms with Gasteiger partial charge in [-0.15, -0.1) is 11.6 Å². The van der Waals surface area contributed by atoms with Gasteiger partial charge in [-0.25, -0.2) is 4.98 Å². The van der Waals surface area contributed by atoms with E-state index in [9.17, 15) is 5.11 Å². The molecule has 11 rings (SSSR count). The van der Waals surface area contributed by atoms with Gasteiger partial charge in [0.2, 0.25) is 0 Å². The molecule has 0 aliphatic rings. The quantitative estimate of drug-likeness (QED) is 0.162. The monoisotopic (exact) mass is 967 g/mol. The summed E-state index contributed by atoms with van der Waals surface area (Å²) >= 11 is 0. The van der Waals surface area contributed by atoms with Crippen LogP contribution in [0.5, 0.6) is 5.75 Å². The third-order valence-corrected chi connectivity index (χ3v) is 11.3. The second-order valence-corrected chi connectivity index (χ2v) is 14.9. The van der Waals surface area contributed by atoms with Crippen LogP contribution in [-0.4, -0.2) is 24.2 Å². The molecule has 0 spiro atoms. The molecule has 0 amide bonds. The average molecular weight is 968 g/mol. The molecule has 3 aromatic heterocycles. The van der Waals surface area contributed by atoms with Gasteiger partial charge in [-0.05, 0) is 89.0 Å². The Bertz CT molecular complexity index is 3510. The predicted molar refractivity (Wildman–Crippen MR) is 246 cm³/mol. The summed E-state index contributed by atoms with van der Waals surface area (Å²) in [6, 6.07) is 67.7. The van der Waals surface area contributed by atoms with Gasteiger partial charge in [0.05, 0.1) is 22.3 Å². The van der Waals surface area contributed by atoms with Crippen LogP contribution in [0.25, 0.3) is 100 Å². The molecule has 11 aromatic rings. The third-order valence-electron chi connectivity index (χ3n) is 11.3. The van der Waals surface area contributed by atoms with E-state index in [1.807, 2.05) is 102 Å². The first-order valence-corrected chi connectivity index (χ1v) is 19.9. The van der Waals surface area contributed by atoms with Crippen LogP contribution < -0.4 is 0 Å². The Morgan fingerprint density at radius 3 is 2.03 bits per heavy atom. The number of aromatic nitrogens is 4. The number of aromatic hydroxyl groups is 1. The van der Waals surface area contributed by atoms with Crippen LogP contribution in [0.4, 0.5) is 0 Å². The molecule has 5 nitrogen and oxygen atoms in total. The topological polar surface area (TPSA) is 55.9 Å². The smallest absolute Gasteiger partial charge is 0.148 e. The summed E-state index contributed by atoms with van der Waals surface area (Å²) in [6.45, 7) is -2.33. The number of imidazole rings is 1. The third kappa shape index (κ3) is 6.55. The van der Waals surface area contributed by atoms with Gasteiger partial charge >= 0.3 is 0 Å². The Hall–Kier alpha value is -7.33. The normalized spacial score (nSPS) is 12.2. The van der Waals surface area contributed by atoms with Crippen LogP contribution in [-0.2, 0) is 21.1 Å². The second-order valence-electron chi connectivity index (χ2n) is 14.9. The molecule has 0 fully saturated rings. The molecule has 0 bridgehead atoms. The van der Waals surface area contributed by atoms with E-state index < -0.39 is 6.85 Å². The Balaban J connectivity index is 0.00000484. The van der Waals surface area contributed by atoms with Crippen molar-refractivity contribution in [2.45, 2.75) is 6.85 Å². The van der Waals surface area contributed by atoms with Crippen LogP contribution in [0.2, 0.25) is 0 Å². The van der Waals surface area contributed by atoms with Crippen molar-refractivity contribution >= 4 is 32.8 Å². The number of phenols is 1. The molecular weight excluding hydrogens is 928 g/mol. The van der Waals surface area contributed by atoms with Crippen LogP contribution in [0.3, 0.4) is 0 Å². The van der Waals surface area contributed by atoms with Crippen LogP contribution in [0, 0.1) is 12.9 Å². The van der Waals surface area contributed by atoms with E-state index in [0.717, 1.165) is 83.3 Å². The average Bonchev–Trinajstić information content (AvgIpc) is 3.88. The van der Waals surface area contributed by atoms with Crippen molar-refractivity contribution in [1.29, 1.82) is 0 Å². The van der Waals surface area contributed by atoms with Crippen LogP contribution in [0.1, 0.15) is 9.68 Å². The summed E-state index contributed by atoms with van der Waals surface area (Å²) in [6.07, 6.45) is 1.85. The number of nitrogens with zero attached hydrogens (tertiary/aromatic N) is 4. The molecule has 0 radical (unpaired) electrons. The maximum absolute atomic E-state index is 11.5. The Labute approximate surface area is 372 Å². The molecule has 0 aliphatic heterocycles. The predicted octanol–water partition coefficient (Wildman–Crippen LogP) is 13.7. The van der Waals surface area contributed by atoms with Crippen molar-refractivity contribution in [3.05, 3.63) is 212 Å². The van der Waals surface area contributed by atoms with E-state index >= 15 is 0 Å². The van der Waals surface area contributed by atoms with Crippen molar-refractivity contribution in [3.63, 3.8) is 0 Å². The zero-order chi connectivity index (χ0) is 42.7. The molecule has 1 N–H and O–H groups in total. The van der Waals surface area contributed by atoms with Crippen LogP contribution >= 0.6 is 0 Å². The van der Waals surface area contributed by atoms with Gasteiger partial charge in [0.25, 0.3) is 0 Å². The molecule has 294 valence electrons. The molecule has 0 aliphatic carbocycles. The fraction of sp³-hybridized carbons (Fsp3) is 0.0182. The Morgan fingerprint density at radius 1 is 0.557 bits per heavy atom. The number of para-hydroxylation sites is 4. The minimum atomic E-state index is -2.33. The number of aryl methyl sites for hydroxylation is 1. The summed E-state index contributed by atoms with van der Waals surface area (Å²) < 4.78 is 29.3. The first-order valence-electron chi connectivity index (χ1n) is 21.4. The molecule has 8 aromatic carbocycles. The maximum atomic E-state index is 11.5. The number of hydrogen-bond donors (Lipinski definition) is 1. The minimum absolute atomic E-state index is 0. The van der Waals surface area contributed by atoms with Gasteiger partial charge in [0.1, 0.15) is 11.6 Å². The number of fused-ring (bicyclic) bond motifs is 4. The molecule has 0 unspecified atom stereocenters. The zero-order valence-electron chi connectivity index (χ0n) is 35.6. The molecule has 0 saturated heterocycles. The molecule has 0 saturated carbocycles. The van der Waals surface area contributed by atoms with Gasteiger partial charge < -0.3 is 9.67 Å². The van der Waals surface area contributed by atoms with E-state index in [0.29, 0.717) is 16.9 Å². The van der Waals surface area contributed by atoms with E-state index in [1.54, 1.807) is 24.3 Å². The minimum Gasteiger partial charge on any atom is -0.507 e. The summed E-state index contributed by atoms with van der Waals surface area (Å²) in [4.78, 5) is 10.4. The number of rotatable bonds is 7. The first kappa shape index (κ1) is 34.5. The van der Waals surface area contributed by atoms with Crippen molar-refractivity contribution in [1.82, 2.24) is 19.1 Å². The van der Waals surface area contributed by atoms with Gasteiger partial charge in [-0.1, -0.05) is 162 Å². The fourth-order valence-electron chi connectivity index (χ4n) is 8.58. The van der Waals surface area contributed by atoms with Crippen molar-refractivity contribution in [2.24, 2.45) is 0 Å². The van der Waals surface area contributed by atoms with Gasteiger partial charge in [-0.2, -0.15) is 0 Å². The maximum Gasteiger partial charge on any atom is 0.148 e. The summed E-state index contributed by atoms with van der Waals surface area (Å²) in [7, 11) is 0. The number of pyridine rings is 1. The van der Waals surface area contributed by atoms with Crippen LogP contribution in [0.15, 0.2) is 200 Å². The fourth-order valence-corrected chi connectivity index (χ4v) is 8.58. The van der Waals surface area contributed by atoms with E-state index in [2.05, 4.69) is 89.5 Å². The summed E-state index contributed by atoms with van der Waals surface area (Å²) in [5.41, 5.74) is 13.0. The molecule has 3 heterocycles. The molecule has 61 heavy (non-hydrogen) atoms. The molecule has 6 heteroatoms. The van der Waals surface area contributed by atoms with Gasteiger partial charge in [0.15, 0.2) is 0 Å². The zero-order valence-corrected chi connectivity index (χ0v) is 34.9. The number of phenolic OH excluding ortho intramolecular Hbond substituents is 1. The van der Waals surface area contributed by atoms with Gasteiger partial charge in [-0.3, -0.25) is 9.55 Å². The van der Waals surface area contributed by atoms with E-state index in [-0.39, 0.29) is 32.4 Å². The summed E-state index contributed by atoms with van der Waals surface area (Å²) in [5, 5.41) is 13.5. The number of hydrogen-bond acceptors (Lipinski definition) is 3. The SMILES string of the molecule is [2H]C([2H])([2H])c1ccc(-n2c(-c3ccccc3O)nc3c(-c4[c-]c(-c5cc(-c6ccccc6)ccn5)cc5c4c4ccccc4n5-c4ccccc4)cccc32)c(-c2ccccc2)c1.[Pt]. The Morgan fingerprint density at radius 2 is 1.25 bits per heavy atom. The largest absolute Gasteiger partial charge is 0.507 e. The van der Waals surface area contributed by atoms with E-state index in [1.165, 1.54) is 0 Å². The van der Waals surface area contributed by atoms with Crippen molar-refractivity contribution in [2.75, 3.05) is 0 Å². The summed E-state index contributed by atoms with van der Waals surface area (Å²) in [5.74, 6) is 0.577. The van der Waals surface area contributed by atoms with Crippen molar-refractivity contribution < 1.29 is 30.3 Å². The van der Waals surface area contributed by atoms with E-state index in [4.69, 9.17) is 14.1 Å². The van der Waals surface area contributed by atoms with Crippen molar-refractivity contribution in [3.8, 4) is 73.2 Å². The Kier molecular flexibility index (Phi) is 8.88. The molecular formula is C55H37N4OPt-. The number of benzene rings is 8.